The Kier molecular flexibility index (Phi) is 5.19. The van der Waals surface area contributed by atoms with Crippen LogP contribution in [-0.2, 0) is 0 Å². The molecule has 0 aliphatic heterocycles. The SMILES string of the molecule is CCCCCN(c1cc(C)nc(N)n1)C(C)C. The van der Waals surface area contributed by atoms with E-state index in [4.69, 9.17) is 5.73 Å². The molecule has 0 saturated carbocycles. The van der Waals surface area contributed by atoms with E-state index >= 15 is 0 Å². The van der Waals surface area contributed by atoms with E-state index in [1.807, 2.05) is 13.0 Å². The van der Waals surface area contributed by atoms with Crippen molar-refractivity contribution in [1.82, 2.24) is 9.97 Å². The number of aromatic nitrogens is 2. The maximum atomic E-state index is 5.70. The normalized spacial score (nSPS) is 10.9. The summed E-state index contributed by atoms with van der Waals surface area (Å²) in [6.45, 7) is 9.55. The minimum Gasteiger partial charge on any atom is -0.368 e. The molecule has 1 rings (SSSR count). The first kappa shape index (κ1) is 13.7. The summed E-state index contributed by atoms with van der Waals surface area (Å²) >= 11 is 0. The fraction of sp³-hybridized carbons (Fsp3) is 0.692. The van der Waals surface area contributed by atoms with Gasteiger partial charge in [-0.15, -0.1) is 0 Å². The second-order valence-electron chi connectivity index (χ2n) is 4.72. The summed E-state index contributed by atoms with van der Waals surface area (Å²) in [5.41, 5.74) is 6.63. The lowest BCUT2D eigenvalue weighted by atomic mass is 10.2. The van der Waals surface area contributed by atoms with Crippen molar-refractivity contribution < 1.29 is 0 Å². The maximum absolute atomic E-state index is 5.70. The highest BCUT2D eigenvalue weighted by molar-refractivity contribution is 5.43. The average molecular weight is 236 g/mol. The van der Waals surface area contributed by atoms with E-state index in [2.05, 4.69) is 35.6 Å². The highest BCUT2D eigenvalue weighted by Crippen LogP contribution is 2.17. The van der Waals surface area contributed by atoms with Crippen molar-refractivity contribution in [3.8, 4) is 0 Å². The van der Waals surface area contributed by atoms with E-state index in [9.17, 15) is 0 Å². The number of nitrogens with zero attached hydrogens (tertiary/aromatic N) is 3. The molecule has 1 aromatic rings. The standard InChI is InChI=1S/C13H24N4/c1-5-6-7-8-17(10(2)3)12-9-11(4)15-13(14)16-12/h9-10H,5-8H2,1-4H3,(H2,14,15,16). The molecular weight excluding hydrogens is 212 g/mol. The summed E-state index contributed by atoms with van der Waals surface area (Å²) in [6, 6.07) is 2.43. The largest absolute Gasteiger partial charge is 0.368 e. The molecular formula is C13H24N4. The number of rotatable bonds is 6. The Morgan fingerprint density at radius 2 is 2.00 bits per heavy atom. The topological polar surface area (TPSA) is 55.0 Å². The van der Waals surface area contributed by atoms with Crippen LogP contribution in [0.2, 0.25) is 0 Å². The highest BCUT2D eigenvalue weighted by atomic mass is 15.2. The van der Waals surface area contributed by atoms with Crippen LogP contribution in [0.1, 0.15) is 45.7 Å². The van der Waals surface area contributed by atoms with E-state index in [0.717, 1.165) is 18.1 Å². The maximum Gasteiger partial charge on any atom is 0.222 e. The molecule has 0 atom stereocenters. The Morgan fingerprint density at radius 1 is 1.29 bits per heavy atom. The Labute approximate surface area is 104 Å². The molecule has 0 amide bonds. The van der Waals surface area contributed by atoms with Gasteiger partial charge in [0.05, 0.1) is 0 Å². The molecule has 0 saturated heterocycles. The fourth-order valence-corrected chi connectivity index (χ4v) is 1.89. The van der Waals surface area contributed by atoms with Crippen molar-refractivity contribution in [2.75, 3.05) is 17.2 Å². The molecule has 0 spiro atoms. The van der Waals surface area contributed by atoms with Crippen molar-refractivity contribution >= 4 is 11.8 Å². The van der Waals surface area contributed by atoms with Gasteiger partial charge in [0.2, 0.25) is 5.95 Å². The van der Waals surface area contributed by atoms with Gasteiger partial charge >= 0.3 is 0 Å². The number of hydrogen-bond donors (Lipinski definition) is 1. The molecule has 17 heavy (non-hydrogen) atoms. The first-order chi connectivity index (χ1) is 8.04. The van der Waals surface area contributed by atoms with Crippen molar-refractivity contribution in [3.63, 3.8) is 0 Å². The smallest absolute Gasteiger partial charge is 0.222 e. The summed E-state index contributed by atoms with van der Waals surface area (Å²) in [5.74, 6) is 1.31. The average Bonchev–Trinajstić information content (AvgIpc) is 2.22. The van der Waals surface area contributed by atoms with Gasteiger partial charge in [-0.1, -0.05) is 19.8 Å². The quantitative estimate of drug-likeness (QED) is 0.772. The summed E-state index contributed by atoms with van der Waals surface area (Å²) in [4.78, 5) is 10.7. The molecule has 0 aromatic carbocycles. The lowest BCUT2D eigenvalue weighted by Crippen LogP contribution is -2.32. The van der Waals surface area contributed by atoms with Crippen LogP contribution in [-0.4, -0.2) is 22.6 Å². The van der Waals surface area contributed by atoms with Crippen molar-refractivity contribution in [2.24, 2.45) is 0 Å². The van der Waals surface area contributed by atoms with E-state index in [-0.39, 0.29) is 0 Å². The molecule has 96 valence electrons. The molecule has 0 unspecified atom stereocenters. The third-order valence-electron chi connectivity index (χ3n) is 2.78. The van der Waals surface area contributed by atoms with Crippen LogP contribution in [0.3, 0.4) is 0 Å². The minimum absolute atomic E-state index is 0.362. The van der Waals surface area contributed by atoms with Gasteiger partial charge in [0, 0.05) is 24.3 Å². The first-order valence-corrected chi connectivity index (χ1v) is 6.42. The van der Waals surface area contributed by atoms with E-state index in [0.29, 0.717) is 12.0 Å². The van der Waals surface area contributed by atoms with Crippen LogP contribution in [0, 0.1) is 6.92 Å². The third-order valence-corrected chi connectivity index (χ3v) is 2.78. The predicted molar refractivity (Wildman–Crippen MR) is 73.2 cm³/mol. The Hall–Kier alpha value is -1.32. The van der Waals surface area contributed by atoms with Gasteiger partial charge in [-0.2, -0.15) is 4.98 Å². The fourth-order valence-electron chi connectivity index (χ4n) is 1.89. The van der Waals surface area contributed by atoms with Crippen molar-refractivity contribution in [2.45, 2.75) is 53.0 Å². The molecule has 4 nitrogen and oxygen atoms in total. The summed E-state index contributed by atoms with van der Waals surface area (Å²) in [6.07, 6.45) is 3.68. The van der Waals surface area contributed by atoms with Crippen LogP contribution >= 0.6 is 0 Å². The summed E-state index contributed by atoms with van der Waals surface area (Å²) in [5, 5.41) is 0. The number of aryl methyl sites for hydroxylation is 1. The van der Waals surface area contributed by atoms with E-state index < -0.39 is 0 Å². The number of nitrogen functional groups attached to an aromatic ring is 1. The Bertz CT molecular complexity index is 329. The molecule has 1 aromatic heterocycles. The van der Waals surface area contributed by atoms with Crippen molar-refractivity contribution in [3.05, 3.63) is 11.8 Å². The van der Waals surface area contributed by atoms with Gasteiger partial charge in [0.15, 0.2) is 0 Å². The minimum atomic E-state index is 0.362. The highest BCUT2D eigenvalue weighted by Gasteiger charge is 2.12. The number of anilines is 2. The number of hydrogen-bond acceptors (Lipinski definition) is 4. The van der Waals surface area contributed by atoms with E-state index in [1.54, 1.807) is 0 Å². The molecule has 0 aliphatic rings. The monoisotopic (exact) mass is 236 g/mol. The lowest BCUT2D eigenvalue weighted by molar-refractivity contribution is 0.619. The Balaban J connectivity index is 2.81. The lowest BCUT2D eigenvalue weighted by Gasteiger charge is -2.28. The molecule has 0 radical (unpaired) electrons. The van der Waals surface area contributed by atoms with Gasteiger partial charge in [0.1, 0.15) is 5.82 Å². The van der Waals surface area contributed by atoms with Gasteiger partial charge in [-0.05, 0) is 27.2 Å². The van der Waals surface area contributed by atoms with Crippen LogP contribution in [0.25, 0.3) is 0 Å². The van der Waals surface area contributed by atoms with E-state index in [1.165, 1.54) is 19.3 Å². The van der Waals surface area contributed by atoms with Crippen LogP contribution in [0.15, 0.2) is 6.07 Å². The predicted octanol–water partition coefficient (Wildman–Crippen LogP) is 2.77. The number of nitrogens with two attached hydrogens (primary N) is 1. The van der Waals surface area contributed by atoms with Crippen LogP contribution in [0.5, 0.6) is 0 Å². The molecule has 0 fully saturated rings. The molecule has 4 heteroatoms. The van der Waals surface area contributed by atoms with Gasteiger partial charge in [-0.25, -0.2) is 4.98 Å². The molecule has 2 N–H and O–H groups in total. The zero-order valence-electron chi connectivity index (χ0n) is 11.4. The number of unbranched alkanes of at least 4 members (excludes halogenated alkanes) is 2. The van der Waals surface area contributed by atoms with Gasteiger partial charge in [0.25, 0.3) is 0 Å². The molecule has 0 aliphatic carbocycles. The second-order valence-corrected chi connectivity index (χ2v) is 4.72. The summed E-state index contributed by atoms with van der Waals surface area (Å²) < 4.78 is 0. The third kappa shape index (κ3) is 4.21. The second kappa shape index (κ2) is 6.42. The first-order valence-electron chi connectivity index (χ1n) is 6.42. The van der Waals surface area contributed by atoms with Gasteiger partial charge < -0.3 is 10.6 Å². The zero-order valence-corrected chi connectivity index (χ0v) is 11.4. The summed E-state index contributed by atoms with van der Waals surface area (Å²) in [7, 11) is 0. The van der Waals surface area contributed by atoms with Crippen LogP contribution < -0.4 is 10.6 Å². The zero-order chi connectivity index (χ0) is 12.8. The molecule has 1 heterocycles. The Morgan fingerprint density at radius 3 is 2.53 bits per heavy atom. The van der Waals surface area contributed by atoms with Gasteiger partial charge in [-0.3, -0.25) is 0 Å². The van der Waals surface area contributed by atoms with Crippen LogP contribution in [0.4, 0.5) is 11.8 Å². The van der Waals surface area contributed by atoms with Crippen molar-refractivity contribution in [1.29, 1.82) is 0 Å². The molecule has 0 bridgehead atoms.